The van der Waals surface area contributed by atoms with Gasteiger partial charge in [-0.25, -0.2) is 0 Å². The Bertz CT molecular complexity index is 1150. The van der Waals surface area contributed by atoms with Crippen LogP contribution in [0.4, 0.5) is 0 Å². The summed E-state index contributed by atoms with van der Waals surface area (Å²) in [6.45, 7) is 4.07. The van der Waals surface area contributed by atoms with Gasteiger partial charge in [-0.1, -0.05) is 287 Å². The highest BCUT2D eigenvalue weighted by molar-refractivity contribution is 5.80. The van der Waals surface area contributed by atoms with Crippen LogP contribution in [0.15, 0.2) is 48.6 Å². The van der Waals surface area contributed by atoms with Gasteiger partial charge in [0, 0.05) is 0 Å². The van der Waals surface area contributed by atoms with Crippen molar-refractivity contribution >= 4 is 5.91 Å². The highest BCUT2D eigenvalue weighted by Gasteiger charge is 2.28. The molecule has 0 fully saturated rings. The van der Waals surface area contributed by atoms with E-state index in [9.17, 15) is 25.2 Å². The second-order valence-electron chi connectivity index (χ2n) is 21.4. The highest BCUT2D eigenvalue weighted by Crippen LogP contribution is 2.17. The van der Waals surface area contributed by atoms with Crippen molar-refractivity contribution in [2.24, 2.45) is 0 Å². The first-order valence-electron chi connectivity index (χ1n) is 31.0. The molecule has 0 saturated carbocycles. The van der Waals surface area contributed by atoms with E-state index in [1.165, 1.54) is 238 Å². The highest BCUT2D eigenvalue weighted by atomic mass is 16.3. The van der Waals surface area contributed by atoms with Crippen LogP contribution in [0.25, 0.3) is 0 Å². The second kappa shape index (κ2) is 58.2. The number of amides is 1. The Morgan fingerprint density at radius 1 is 0.357 bits per heavy atom. The van der Waals surface area contributed by atoms with E-state index >= 15 is 0 Å². The zero-order chi connectivity index (χ0) is 50.9. The smallest absolute Gasteiger partial charge is 0.249 e. The van der Waals surface area contributed by atoms with E-state index in [1.54, 1.807) is 0 Å². The van der Waals surface area contributed by atoms with E-state index in [0.29, 0.717) is 19.3 Å². The molecule has 4 unspecified atom stereocenters. The standard InChI is InChI=1S/C64H121NO5/c1-3-5-7-9-11-13-15-17-19-21-23-25-27-29-30-31-32-33-34-36-37-39-41-43-45-47-49-51-53-55-57-61(67)63(69)60(59-66)65-64(70)62(68)58-56-54-52-50-48-46-44-42-40-38-35-28-26-24-22-20-18-16-14-12-10-8-6-4-2/h24,26,35,38,41,43,49,51,60-63,66-69H,3-23,25,27-34,36-37,39-40,42,44-48,50,52-59H2,1-2H3,(H,65,70)/b26-24-,38-35-,43-41+,51-49+. The van der Waals surface area contributed by atoms with Crippen LogP contribution in [-0.2, 0) is 4.79 Å². The number of carbonyl (C=O) groups is 1. The Labute approximate surface area is 436 Å². The number of hydrogen-bond acceptors (Lipinski definition) is 5. The van der Waals surface area contributed by atoms with Crippen molar-refractivity contribution in [1.82, 2.24) is 5.32 Å². The molecule has 6 nitrogen and oxygen atoms in total. The van der Waals surface area contributed by atoms with E-state index in [2.05, 4.69) is 67.8 Å². The molecule has 5 N–H and O–H groups in total. The minimum atomic E-state index is -1.30. The normalized spacial score (nSPS) is 14.0. The van der Waals surface area contributed by atoms with Crippen LogP contribution >= 0.6 is 0 Å². The number of unbranched alkanes of at least 4 members (excludes halogenated alkanes) is 40. The van der Waals surface area contributed by atoms with Gasteiger partial charge in [-0.05, 0) is 83.5 Å². The third-order valence-corrected chi connectivity index (χ3v) is 14.5. The van der Waals surface area contributed by atoms with Crippen molar-refractivity contribution in [2.45, 2.75) is 346 Å². The number of nitrogens with one attached hydrogen (secondary N) is 1. The minimum Gasteiger partial charge on any atom is -0.394 e. The SMILES string of the molecule is CCCCCCCCCCC/C=C\C/C=C\CCCCCCCCCCC(O)C(=O)NC(CO)C(O)C(O)CCC/C=C/CC/C=C/CCCCCCCCCCCCCCCCCCCCCCC. The average Bonchev–Trinajstić information content (AvgIpc) is 3.36. The maximum absolute atomic E-state index is 12.6. The maximum Gasteiger partial charge on any atom is 0.249 e. The van der Waals surface area contributed by atoms with E-state index in [-0.39, 0.29) is 0 Å². The molecule has 6 heteroatoms. The molecule has 4 atom stereocenters. The van der Waals surface area contributed by atoms with Gasteiger partial charge in [-0.15, -0.1) is 0 Å². The van der Waals surface area contributed by atoms with Crippen molar-refractivity contribution < 1.29 is 25.2 Å². The zero-order valence-corrected chi connectivity index (χ0v) is 46.8. The molecule has 412 valence electrons. The molecule has 0 aromatic rings. The summed E-state index contributed by atoms with van der Waals surface area (Å²) in [4.78, 5) is 12.6. The molecule has 0 aliphatic heterocycles. The van der Waals surface area contributed by atoms with Gasteiger partial charge in [0.05, 0.1) is 18.8 Å². The third-order valence-electron chi connectivity index (χ3n) is 14.5. The van der Waals surface area contributed by atoms with E-state index in [1.807, 2.05) is 0 Å². The number of aliphatic hydroxyl groups is 4. The Kier molecular flexibility index (Phi) is 56.7. The fourth-order valence-corrected chi connectivity index (χ4v) is 9.63. The maximum atomic E-state index is 12.6. The number of allylic oxidation sites excluding steroid dienone is 8. The number of hydrogen-bond donors (Lipinski definition) is 5. The van der Waals surface area contributed by atoms with Gasteiger partial charge >= 0.3 is 0 Å². The number of carbonyl (C=O) groups excluding carboxylic acids is 1. The molecule has 0 radical (unpaired) electrons. The molecule has 0 spiro atoms. The summed E-state index contributed by atoms with van der Waals surface area (Å²) in [6.07, 6.45) is 74.9. The second-order valence-corrected chi connectivity index (χ2v) is 21.4. The topological polar surface area (TPSA) is 110 Å². The molecule has 0 aliphatic carbocycles. The monoisotopic (exact) mass is 984 g/mol. The molecular formula is C64H121NO5. The molecular weight excluding hydrogens is 863 g/mol. The van der Waals surface area contributed by atoms with Gasteiger partial charge < -0.3 is 25.7 Å². The summed E-state index contributed by atoms with van der Waals surface area (Å²) in [5.74, 6) is -0.600. The first-order valence-corrected chi connectivity index (χ1v) is 31.0. The van der Waals surface area contributed by atoms with Crippen molar-refractivity contribution in [1.29, 1.82) is 0 Å². The van der Waals surface area contributed by atoms with Crippen molar-refractivity contribution in [3.63, 3.8) is 0 Å². The Hall–Kier alpha value is -1.73. The van der Waals surface area contributed by atoms with Crippen LogP contribution in [0.1, 0.15) is 322 Å². The van der Waals surface area contributed by atoms with Crippen molar-refractivity contribution in [3.8, 4) is 0 Å². The van der Waals surface area contributed by atoms with Gasteiger partial charge in [0.25, 0.3) is 0 Å². The fourth-order valence-electron chi connectivity index (χ4n) is 9.63. The van der Waals surface area contributed by atoms with E-state index in [0.717, 1.165) is 51.4 Å². The zero-order valence-electron chi connectivity index (χ0n) is 46.8. The molecule has 0 saturated heterocycles. The molecule has 0 heterocycles. The first-order chi connectivity index (χ1) is 34.5. The first kappa shape index (κ1) is 68.3. The molecule has 0 aliphatic rings. The summed E-state index contributed by atoms with van der Waals surface area (Å²) in [6, 6.07) is -1.01. The Balaban J connectivity index is 3.67. The summed E-state index contributed by atoms with van der Waals surface area (Å²) < 4.78 is 0. The molecule has 0 rings (SSSR count). The minimum absolute atomic E-state index is 0.352. The van der Waals surface area contributed by atoms with Gasteiger partial charge in [0.1, 0.15) is 12.2 Å². The lowest BCUT2D eigenvalue weighted by Crippen LogP contribution is -2.53. The van der Waals surface area contributed by atoms with Gasteiger partial charge in [-0.3, -0.25) is 4.79 Å². The molecule has 0 aromatic heterocycles. The quantitative estimate of drug-likeness (QED) is 0.0308. The number of aliphatic hydroxyl groups excluding tert-OH is 4. The number of rotatable bonds is 57. The average molecular weight is 985 g/mol. The van der Waals surface area contributed by atoms with Crippen molar-refractivity contribution in [2.75, 3.05) is 6.61 Å². The Morgan fingerprint density at radius 2 is 0.643 bits per heavy atom. The third kappa shape index (κ3) is 51.2. The molecule has 1 amide bonds. The summed E-state index contributed by atoms with van der Waals surface area (Å²) in [7, 11) is 0. The largest absolute Gasteiger partial charge is 0.394 e. The van der Waals surface area contributed by atoms with Gasteiger partial charge in [0.2, 0.25) is 5.91 Å². The van der Waals surface area contributed by atoms with E-state index in [4.69, 9.17) is 0 Å². The Morgan fingerprint density at radius 3 is 0.986 bits per heavy atom. The summed E-state index contributed by atoms with van der Waals surface area (Å²) in [5.41, 5.74) is 0. The fraction of sp³-hybridized carbons (Fsp3) is 0.859. The van der Waals surface area contributed by atoms with Crippen LogP contribution in [0.5, 0.6) is 0 Å². The van der Waals surface area contributed by atoms with Gasteiger partial charge in [0.15, 0.2) is 0 Å². The van der Waals surface area contributed by atoms with Gasteiger partial charge in [-0.2, -0.15) is 0 Å². The van der Waals surface area contributed by atoms with Crippen LogP contribution in [0.2, 0.25) is 0 Å². The van der Waals surface area contributed by atoms with Crippen LogP contribution in [0.3, 0.4) is 0 Å². The summed E-state index contributed by atoms with van der Waals surface area (Å²) >= 11 is 0. The van der Waals surface area contributed by atoms with Crippen LogP contribution in [0, 0.1) is 0 Å². The predicted molar refractivity (Wildman–Crippen MR) is 307 cm³/mol. The lowest BCUT2D eigenvalue weighted by Gasteiger charge is -2.27. The predicted octanol–water partition coefficient (Wildman–Crippen LogP) is 18.5. The molecule has 0 aromatic carbocycles. The molecule has 70 heavy (non-hydrogen) atoms. The van der Waals surface area contributed by atoms with Crippen LogP contribution < -0.4 is 5.32 Å². The van der Waals surface area contributed by atoms with Crippen molar-refractivity contribution in [3.05, 3.63) is 48.6 Å². The lowest BCUT2D eigenvalue weighted by molar-refractivity contribution is -0.132. The van der Waals surface area contributed by atoms with Crippen LogP contribution in [-0.4, -0.2) is 57.3 Å². The van der Waals surface area contributed by atoms with E-state index < -0.39 is 36.9 Å². The summed E-state index contributed by atoms with van der Waals surface area (Å²) in [5, 5.41) is 44.0. The lowest BCUT2D eigenvalue weighted by atomic mass is 10.00. The molecule has 0 bridgehead atoms.